The lowest BCUT2D eigenvalue weighted by Crippen LogP contribution is -2.26. The highest BCUT2D eigenvalue weighted by molar-refractivity contribution is 6.10. The van der Waals surface area contributed by atoms with E-state index in [2.05, 4.69) is 0 Å². The van der Waals surface area contributed by atoms with Gasteiger partial charge in [-0.15, -0.1) is 0 Å². The molecule has 4 nitrogen and oxygen atoms in total. The number of methoxy groups -OCH3 is 1. The summed E-state index contributed by atoms with van der Waals surface area (Å²) in [5.41, 5.74) is 0.445. The number of benzene rings is 1. The molecule has 1 unspecified atom stereocenters. The Kier molecular flexibility index (Phi) is 4.16. The molecule has 2 rings (SSSR count). The number of Topliss-reactive ketones (excluding diaryl/α,β-unsaturated/α-hetero) is 1. The van der Waals surface area contributed by atoms with Gasteiger partial charge in [-0.1, -0.05) is 19.1 Å². The second kappa shape index (κ2) is 5.72. The maximum Gasteiger partial charge on any atom is 0.165 e. The van der Waals surface area contributed by atoms with Crippen LogP contribution in [0.25, 0.3) is 6.08 Å². The van der Waals surface area contributed by atoms with Crippen molar-refractivity contribution in [1.29, 1.82) is 0 Å². The van der Waals surface area contributed by atoms with Gasteiger partial charge in [0, 0.05) is 5.41 Å². The van der Waals surface area contributed by atoms with Gasteiger partial charge < -0.3 is 9.84 Å². The van der Waals surface area contributed by atoms with Crippen molar-refractivity contribution in [2.75, 3.05) is 7.11 Å². The lowest BCUT2D eigenvalue weighted by atomic mass is 9.89. The zero-order chi connectivity index (χ0) is 15.6. The number of phenols is 1. The Hall–Kier alpha value is -2.10. The fraction of sp³-hybridized carbons (Fsp3) is 0.412. The maximum atomic E-state index is 12.1. The number of rotatable bonds is 6. The Morgan fingerprint density at radius 1 is 1.38 bits per heavy atom. The van der Waals surface area contributed by atoms with Crippen LogP contribution in [0, 0.1) is 11.3 Å². The van der Waals surface area contributed by atoms with E-state index in [-0.39, 0.29) is 22.7 Å². The van der Waals surface area contributed by atoms with Crippen molar-refractivity contribution in [3.05, 3.63) is 29.8 Å². The van der Waals surface area contributed by atoms with E-state index in [4.69, 9.17) is 4.74 Å². The summed E-state index contributed by atoms with van der Waals surface area (Å²) in [6.45, 7) is 3.57. The molecule has 1 atom stereocenters. The molecule has 1 fully saturated rings. The molecule has 1 N–H and O–H groups in total. The van der Waals surface area contributed by atoms with E-state index in [1.54, 1.807) is 25.1 Å². The monoisotopic (exact) mass is 288 g/mol. The molecular formula is C17H20O4. The van der Waals surface area contributed by atoms with Crippen LogP contribution in [-0.2, 0) is 9.59 Å². The summed E-state index contributed by atoms with van der Waals surface area (Å²) in [5, 5.41) is 9.51. The topological polar surface area (TPSA) is 63.6 Å². The van der Waals surface area contributed by atoms with Gasteiger partial charge in [0.1, 0.15) is 5.78 Å². The van der Waals surface area contributed by atoms with Gasteiger partial charge in [-0.3, -0.25) is 9.59 Å². The van der Waals surface area contributed by atoms with Gasteiger partial charge in [-0.25, -0.2) is 0 Å². The quantitative estimate of drug-likeness (QED) is 0.645. The first kappa shape index (κ1) is 15.3. The number of ketones is 2. The molecule has 1 aromatic carbocycles. The van der Waals surface area contributed by atoms with Gasteiger partial charge in [-0.05, 0) is 43.5 Å². The predicted octanol–water partition coefficient (Wildman–Crippen LogP) is 2.99. The number of aromatic hydroxyl groups is 1. The second-order valence-electron chi connectivity index (χ2n) is 5.81. The zero-order valence-electron chi connectivity index (χ0n) is 12.6. The van der Waals surface area contributed by atoms with Crippen LogP contribution in [0.1, 0.15) is 32.3 Å². The van der Waals surface area contributed by atoms with Crippen molar-refractivity contribution in [1.82, 2.24) is 0 Å². The van der Waals surface area contributed by atoms with Gasteiger partial charge >= 0.3 is 0 Å². The van der Waals surface area contributed by atoms with Gasteiger partial charge in [0.15, 0.2) is 17.3 Å². The summed E-state index contributed by atoms with van der Waals surface area (Å²) >= 11 is 0. The van der Waals surface area contributed by atoms with Crippen molar-refractivity contribution < 1.29 is 19.4 Å². The number of phenolic OH excluding ortho intramolecular Hbond substituents is 1. The standard InChI is InChI=1S/C17H20O4/c1-11(16(20)17(2)8-9-17)13(18)6-4-12-5-7-14(19)15(10-12)21-3/h4-7,10-11,19H,8-9H2,1-3H3/b6-4+. The molecule has 1 aromatic rings. The van der Waals surface area contributed by atoms with Crippen LogP contribution in [-0.4, -0.2) is 23.8 Å². The van der Waals surface area contributed by atoms with Crippen LogP contribution in [0.3, 0.4) is 0 Å². The fourth-order valence-corrected chi connectivity index (χ4v) is 2.21. The summed E-state index contributed by atoms with van der Waals surface area (Å²) in [6.07, 6.45) is 4.80. The maximum absolute atomic E-state index is 12.1. The molecule has 1 aliphatic rings. The van der Waals surface area contributed by atoms with Crippen molar-refractivity contribution in [3.63, 3.8) is 0 Å². The number of hydrogen-bond donors (Lipinski definition) is 1. The smallest absolute Gasteiger partial charge is 0.165 e. The second-order valence-corrected chi connectivity index (χ2v) is 5.81. The first-order valence-electron chi connectivity index (χ1n) is 7.00. The molecule has 0 saturated heterocycles. The average molecular weight is 288 g/mol. The predicted molar refractivity (Wildman–Crippen MR) is 80.2 cm³/mol. The highest BCUT2D eigenvalue weighted by Gasteiger charge is 2.47. The number of carbonyl (C=O) groups is 2. The summed E-state index contributed by atoms with van der Waals surface area (Å²) in [7, 11) is 1.46. The van der Waals surface area contributed by atoms with Crippen LogP contribution in [0.5, 0.6) is 11.5 Å². The number of hydrogen-bond acceptors (Lipinski definition) is 4. The minimum atomic E-state index is -0.604. The molecule has 0 amide bonds. The highest BCUT2D eigenvalue weighted by Crippen LogP contribution is 2.47. The molecule has 0 heterocycles. The molecule has 0 radical (unpaired) electrons. The van der Waals surface area contributed by atoms with E-state index >= 15 is 0 Å². The molecule has 0 bridgehead atoms. The SMILES string of the molecule is COc1cc(/C=C/C(=O)C(C)C(=O)C2(C)CC2)ccc1O. The van der Waals surface area contributed by atoms with Crippen molar-refractivity contribution in [2.45, 2.75) is 26.7 Å². The minimum absolute atomic E-state index is 0.0282. The van der Waals surface area contributed by atoms with E-state index < -0.39 is 5.92 Å². The Morgan fingerprint density at radius 3 is 2.62 bits per heavy atom. The van der Waals surface area contributed by atoms with E-state index in [0.29, 0.717) is 5.75 Å². The van der Waals surface area contributed by atoms with Crippen LogP contribution >= 0.6 is 0 Å². The molecule has 1 aliphatic carbocycles. The minimum Gasteiger partial charge on any atom is -0.504 e. The first-order chi connectivity index (χ1) is 9.87. The third-order valence-corrected chi connectivity index (χ3v) is 4.06. The van der Waals surface area contributed by atoms with Crippen molar-refractivity contribution >= 4 is 17.6 Å². The van der Waals surface area contributed by atoms with E-state index in [9.17, 15) is 14.7 Å². The van der Waals surface area contributed by atoms with Gasteiger partial charge in [-0.2, -0.15) is 0 Å². The Labute approximate surface area is 124 Å². The zero-order valence-corrected chi connectivity index (χ0v) is 12.6. The van der Waals surface area contributed by atoms with E-state index in [0.717, 1.165) is 18.4 Å². The average Bonchev–Trinajstić information content (AvgIpc) is 3.23. The van der Waals surface area contributed by atoms with Crippen LogP contribution < -0.4 is 4.74 Å². The van der Waals surface area contributed by atoms with Gasteiger partial charge in [0.05, 0.1) is 13.0 Å². The summed E-state index contributed by atoms with van der Waals surface area (Å²) < 4.78 is 5.01. The molecule has 0 spiro atoms. The Bertz CT molecular complexity index is 597. The van der Waals surface area contributed by atoms with Crippen molar-refractivity contribution in [3.8, 4) is 11.5 Å². The molecule has 21 heavy (non-hydrogen) atoms. The lowest BCUT2D eigenvalue weighted by Gasteiger charge is -2.12. The number of allylic oxidation sites excluding steroid dienone is 1. The van der Waals surface area contributed by atoms with Crippen LogP contribution in [0.4, 0.5) is 0 Å². The first-order valence-corrected chi connectivity index (χ1v) is 7.00. The Morgan fingerprint density at radius 2 is 2.05 bits per heavy atom. The number of carbonyl (C=O) groups excluding carboxylic acids is 2. The van der Waals surface area contributed by atoms with Crippen LogP contribution in [0.2, 0.25) is 0 Å². The summed E-state index contributed by atoms with van der Waals surface area (Å²) in [4.78, 5) is 24.2. The molecular weight excluding hydrogens is 268 g/mol. The summed E-state index contributed by atoms with van der Waals surface area (Å²) in [5.74, 6) is -0.376. The van der Waals surface area contributed by atoms with Gasteiger partial charge in [0.25, 0.3) is 0 Å². The normalized spacial score (nSPS) is 17.5. The molecule has 0 aromatic heterocycles. The third-order valence-electron chi connectivity index (χ3n) is 4.06. The third kappa shape index (κ3) is 3.32. The highest BCUT2D eigenvalue weighted by atomic mass is 16.5. The Balaban J connectivity index is 2.06. The molecule has 0 aliphatic heterocycles. The lowest BCUT2D eigenvalue weighted by molar-refractivity contribution is -0.132. The van der Waals surface area contributed by atoms with E-state index in [1.165, 1.54) is 19.3 Å². The number of ether oxygens (including phenoxy) is 1. The molecule has 112 valence electrons. The molecule has 1 saturated carbocycles. The largest absolute Gasteiger partial charge is 0.504 e. The fourth-order valence-electron chi connectivity index (χ4n) is 2.21. The van der Waals surface area contributed by atoms with E-state index in [1.807, 2.05) is 6.92 Å². The van der Waals surface area contributed by atoms with Crippen LogP contribution in [0.15, 0.2) is 24.3 Å². The van der Waals surface area contributed by atoms with Gasteiger partial charge in [0.2, 0.25) is 0 Å². The van der Waals surface area contributed by atoms with Crippen molar-refractivity contribution in [2.24, 2.45) is 11.3 Å². The summed E-state index contributed by atoms with van der Waals surface area (Å²) in [6, 6.07) is 4.81. The molecule has 4 heteroatoms.